The number of carboxylic acid groups (broad SMARTS) is 1. The minimum atomic E-state index is -1.33. The van der Waals surface area contributed by atoms with Crippen LogP contribution in [0, 0.1) is 0 Å². The number of ether oxygens (including phenoxy) is 1. The molecule has 1 unspecified atom stereocenters. The van der Waals surface area contributed by atoms with E-state index in [0.29, 0.717) is 0 Å². The molecule has 0 amide bonds. The predicted molar refractivity (Wildman–Crippen MR) is 54.2 cm³/mol. The Balaban J connectivity index is 3.37. The maximum atomic E-state index is 10.7. The van der Waals surface area contributed by atoms with Crippen molar-refractivity contribution in [3.05, 3.63) is 22.7 Å². The fraction of sp³-hybridized carbons (Fsp3) is 0.222. The molecule has 0 heterocycles. The van der Waals surface area contributed by atoms with Crippen molar-refractivity contribution in [3.63, 3.8) is 0 Å². The number of phenolic OH excluding ortho intramolecular Hbond substituents is 1. The number of aliphatic carboxylic acids is 1. The first-order chi connectivity index (χ1) is 6.99. The summed E-state index contributed by atoms with van der Waals surface area (Å²) in [6.45, 7) is 0. The SMILES string of the molecule is COc1c(O)ccc(Cl)c1C(N)C(=O)O. The smallest absolute Gasteiger partial charge is 0.325 e. The van der Waals surface area contributed by atoms with Crippen molar-refractivity contribution in [2.24, 2.45) is 5.73 Å². The van der Waals surface area contributed by atoms with Crippen molar-refractivity contribution >= 4 is 17.6 Å². The van der Waals surface area contributed by atoms with Gasteiger partial charge in [-0.1, -0.05) is 11.6 Å². The average Bonchev–Trinajstić information content (AvgIpc) is 2.19. The second kappa shape index (κ2) is 4.37. The van der Waals surface area contributed by atoms with Gasteiger partial charge >= 0.3 is 5.97 Å². The Hall–Kier alpha value is -1.46. The quantitative estimate of drug-likeness (QED) is 0.725. The van der Waals surface area contributed by atoms with Crippen molar-refractivity contribution in [1.82, 2.24) is 0 Å². The number of aromatic hydroxyl groups is 1. The van der Waals surface area contributed by atoms with Gasteiger partial charge in [0.15, 0.2) is 11.5 Å². The molecular weight excluding hydrogens is 222 g/mol. The Labute approximate surface area is 91.0 Å². The molecule has 15 heavy (non-hydrogen) atoms. The number of nitrogens with two attached hydrogens (primary N) is 1. The molecule has 1 atom stereocenters. The molecule has 0 radical (unpaired) electrons. The highest BCUT2D eigenvalue weighted by atomic mass is 35.5. The van der Waals surface area contributed by atoms with Crippen molar-refractivity contribution in [3.8, 4) is 11.5 Å². The number of rotatable bonds is 3. The van der Waals surface area contributed by atoms with E-state index in [1.54, 1.807) is 0 Å². The third-order valence-corrected chi connectivity index (χ3v) is 2.23. The predicted octanol–water partition coefficient (Wildman–Crippen LogP) is 1.14. The lowest BCUT2D eigenvalue weighted by atomic mass is 10.1. The number of hydrogen-bond acceptors (Lipinski definition) is 4. The minimum absolute atomic E-state index is 0.0163. The van der Waals surface area contributed by atoms with E-state index in [0.717, 1.165) is 0 Å². The maximum Gasteiger partial charge on any atom is 0.325 e. The molecule has 0 aromatic heterocycles. The summed E-state index contributed by atoms with van der Waals surface area (Å²) >= 11 is 5.78. The summed E-state index contributed by atoms with van der Waals surface area (Å²) in [6.07, 6.45) is 0. The highest BCUT2D eigenvalue weighted by Crippen LogP contribution is 2.38. The molecule has 0 saturated carbocycles. The van der Waals surface area contributed by atoms with E-state index in [2.05, 4.69) is 0 Å². The van der Waals surface area contributed by atoms with E-state index in [1.165, 1.54) is 19.2 Å². The first-order valence-electron chi connectivity index (χ1n) is 4.02. The summed E-state index contributed by atoms with van der Waals surface area (Å²) in [5, 5.41) is 18.3. The molecule has 5 nitrogen and oxygen atoms in total. The zero-order valence-corrected chi connectivity index (χ0v) is 8.65. The van der Waals surface area contributed by atoms with Crippen LogP contribution in [0.4, 0.5) is 0 Å². The molecule has 1 aromatic carbocycles. The summed E-state index contributed by atoms with van der Waals surface area (Å²) in [5.41, 5.74) is 5.47. The van der Waals surface area contributed by atoms with Gasteiger partial charge in [0.1, 0.15) is 6.04 Å². The van der Waals surface area contributed by atoms with Crippen molar-refractivity contribution in [1.29, 1.82) is 0 Å². The van der Waals surface area contributed by atoms with Gasteiger partial charge in [-0.25, -0.2) is 0 Å². The van der Waals surface area contributed by atoms with Gasteiger partial charge in [0.25, 0.3) is 0 Å². The highest BCUT2D eigenvalue weighted by Gasteiger charge is 2.24. The molecule has 0 aliphatic rings. The van der Waals surface area contributed by atoms with E-state index in [4.69, 9.17) is 27.2 Å². The van der Waals surface area contributed by atoms with Crippen LogP contribution in [0.1, 0.15) is 11.6 Å². The van der Waals surface area contributed by atoms with E-state index < -0.39 is 12.0 Å². The van der Waals surface area contributed by atoms with Gasteiger partial charge in [0.05, 0.1) is 7.11 Å². The molecule has 4 N–H and O–H groups in total. The van der Waals surface area contributed by atoms with E-state index in [-0.39, 0.29) is 22.1 Å². The molecule has 1 rings (SSSR count). The largest absolute Gasteiger partial charge is 0.504 e. The Morgan fingerprint density at radius 1 is 1.60 bits per heavy atom. The summed E-state index contributed by atoms with van der Waals surface area (Å²) in [7, 11) is 1.30. The van der Waals surface area contributed by atoms with E-state index >= 15 is 0 Å². The van der Waals surface area contributed by atoms with Crippen molar-refractivity contribution in [2.45, 2.75) is 6.04 Å². The fourth-order valence-corrected chi connectivity index (χ4v) is 1.46. The van der Waals surface area contributed by atoms with Crippen LogP contribution in [0.15, 0.2) is 12.1 Å². The monoisotopic (exact) mass is 231 g/mol. The normalized spacial score (nSPS) is 12.2. The number of methoxy groups -OCH3 is 1. The molecule has 0 saturated heterocycles. The molecule has 0 bridgehead atoms. The Bertz CT molecular complexity index is 394. The summed E-state index contributed by atoms with van der Waals surface area (Å²) in [6, 6.07) is 1.33. The summed E-state index contributed by atoms with van der Waals surface area (Å²) in [4.78, 5) is 10.7. The summed E-state index contributed by atoms with van der Waals surface area (Å²) in [5.74, 6) is -1.47. The van der Waals surface area contributed by atoms with Gasteiger partial charge in [0, 0.05) is 10.6 Å². The molecule has 0 fully saturated rings. The first kappa shape index (κ1) is 11.6. The van der Waals surface area contributed by atoms with E-state index in [9.17, 15) is 9.90 Å². The molecule has 0 aliphatic heterocycles. The second-order valence-electron chi connectivity index (χ2n) is 2.83. The van der Waals surface area contributed by atoms with Crippen LogP contribution < -0.4 is 10.5 Å². The Kier molecular flexibility index (Phi) is 3.39. The molecular formula is C9H10ClNO4. The topological polar surface area (TPSA) is 92.8 Å². The van der Waals surface area contributed by atoms with Crippen LogP contribution in [0.5, 0.6) is 11.5 Å². The third-order valence-electron chi connectivity index (χ3n) is 1.90. The Morgan fingerprint density at radius 3 is 2.67 bits per heavy atom. The molecule has 0 spiro atoms. The molecule has 1 aromatic rings. The summed E-state index contributed by atoms with van der Waals surface area (Å²) < 4.78 is 4.85. The molecule has 0 aliphatic carbocycles. The first-order valence-corrected chi connectivity index (χ1v) is 4.40. The highest BCUT2D eigenvalue weighted by molar-refractivity contribution is 6.32. The minimum Gasteiger partial charge on any atom is -0.504 e. The average molecular weight is 232 g/mol. The number of hydrogen-bond donors (Lipinski definition) is 3. The lowest BCUT2D eigenvalue weighted by Gasteiger charge is -2.14. The van der Waals surface area contributed by atoms with Crippen LogP contribution in [0.2, 0.25) is 5.02 Å². The lowest BCUT2D eigenvalue weighted by molar-refractivity contribution is -0.138. The zero-order valence-electron chi connectivity index (χ0n) is 7.90. The van der Waals surface area contributed by atoms with Crippen molar-refractivity contribution in [2.75, 3.05) is 7.11 Å². The molecule has 82 valence electrons. The van der Waals surface area contributed by atoms with Gasteiger partial charge in [-0.05, 0) is 12.1 Å². The van der Waals surface area contributed by atoms with Crippen LogP contribution in [0.3, 0.4) is 0 Å². The third kappa shape index (κ3) is 2.14. The second-order valence-corrected chi connectivity index (χ2v) is 3.24. The number of benzene rings is 1. The van der Waals surface area contributed by atoms with Gasteiger partial charge < -0.3 is 20.7 Å². The van der Waals surface area contributed by atoms with Crippen LogP contribution in [-0.4, -0.2) is 23.3 Å². The standard InChI is InChI=1S/C9H10ClNO4/c1-15-8-5(12)3-2-4(10)6(8)7(11)9(13)14/h2-3,7,12H,11H2,1H3,(H,13,14). The number of carboxylic acids is 1. The van der Waals surface area contributed by atoms with Crippen LogP contribution >= 0.6 is 11.6 Å². The number of carbonyl (C=O) groups is 1. The molecule has 6 heteroatoms. The Morgan fingerprint density at radius 2 is 2.20 bits per heavy atom. The van der Waals surface area contributed by atoms with Crippen LogP contribution in [0.25, 0.3) is 0 Å². The van der Waals surface area contributed by atoms with Crippen LogP contribution in [-0.2, 0) is 4.79 Å². The van der Waals surface area contributed by atoms with Gasteiger partial charge in [-0.2, -0.15) is 0 Å². The number of phenols is 1. The fourth-order valence-electron chi connectivity index (χ4n) is 1.19. The lowest BCUT2D eigenvalue weighted by Crippen LogP contribution is -2.21. The van der Waals surface area contributed by atoms with Gasteiger partial charge in [0.2, 0.25) is 0 Å². The number of halogens is 1. The van der Waals surface area contributed by atoms with Crippen molar-refractivity contribution < 1.29 is 19.7 Å². The van der Waals surface area contributed by atoms with Gasteiger partial charge in [-0.3, -0.25) is 4.79 Å². The van der Waals surface area contributed by atoms with Gasteiger partial charge in [-0.15, -0.1) is 0 Å². The maximum absolute atomic E-state index is 10.7. The zero-order chi connectivity index (χ0) is 11.6. The van der Waals surface area contributed by atoms with E-state index in [1.807, 2.05) is 0 Å².